The van der Waals surface area contributed by atoms with Gasteiger partial charge >= 0.3 is 0 Å². The summed E-state index contributed by atoms with van der Waals surface area (Å²) in [7, 11) is 1.63. The van der Waals surface area contributed by atoms with E-state index in [-0.39, 0.29) is 11.9 Å². The highest BCUT2D eigenvalue weighted by Gasteiger charge is 2.21. The molecule has 0 saturated heterocycles. The summed E-state index contributed by atoms with van der Waals surface area (Å²) in [5.74, 6) is 1.17. The molecular formula is C15H13BrFNO2. The highest BCUT2D eigenvalue weighted by atomic mass is 79.9. The van der Waals surface area contributed by atoms with Crippen molar-refractivity contribution >= 4 is 21.6 Å². The molecule has 2 aromatic rings. The third-order valence-corrected chi connectivity index (χ3v) is 3.87. The van der Waals surface area contributed by atoms with Crippen molar-refractivity contribution in [2.75, 3.05) is 19.0 Å². The van der Waals surface area contributed by atoms with Crippen molar-refractivity contribution in [3.05, 3.63) is 52.3 Å². The maximum Gasteiger partial charge on any atom is 0.142 e. The van der Waals surface area contributed by atoms with Crippen molar-refractivity contribution in [1.82, 2.24) is 0 Å². The van der Waals surface area contributed by atoms with Crippen LogP contribution in [0.5, 0.6) is 11.5 Å². The van der Waals surface area contributed by atoms with E-state index in [1.165, 1.54) is 12.1 Å². The van der Waals surface area contributed by atoms with E-state index in [2.05, 4.69) is 21.2 Å². The molecule has 0 aromatic heterocycles. The third kappa shape index (κ3) is 2.45. The Bertz CT molecular complexity index is 648. The molecule has 0 amide bonds. The van der Waals surface area contributed by atoms with Crippen LogP contribution in [0, 0.1) is 5.82 Å². The zero-order chi connectivity index (χ0) is 14.1. The highest BCUT2D eigenvalue weighted by Crippen LogP contribution is 2.36. The molecule has 0 spiro atoms. The van der Waals surface area contributed by atoms with Crippen LogP contribution in [0.1, 0.15) is 11.6 Å². The van der Waals surface area contributed by atoms with Gasteiger partial charge in [0, 0.05) is 6.07 Å². The van der Waals surface area contributed by atoms with Crippen LogP contribution < -0.4 is 14.8 Å². The number of fused-ring (bicyclic) bond motifs is 1. The van der Waals surface area contributed by atoms with Crippen LogP contribution in [0.25, 0.3) is 0 Å². The molecule has 1 N–H and O–H groups in total. The lowest BCUT2D eigenvalue weighted by atomic mass is 10.1. The Hall–Kier alpha value is -1.75. The highest BCUT2D eigenvalue weighted by molar-refractivity contribution is 9.10. The van der Waals surface area contributed by atoms with Crippen LogP contribution >= 0.6 is 15.9 Å². The van der Waals surface area contributed by atoms with Gasteiger partial charge in [-0.2, -0.15) is 0 Å². The van der Waals surface area contributed by atoms with Crippen molar-refractivity contribution in [3.63, 3.8) is 0 Å². The lowest BCUT2D eigenvalue weighted by Crippen LogP contribution is -2.24. The largest absolute Gasteiger partial charge is 0.496 e. The first-order valence-corrected chi connectivity index (χ1v) is 6.99. The monoisotopic (exact) mass is 337 g/mol. The van der Waals surface area contributed by atoms with Gasteiger partial charge in [-0.05, 0) is 45.8 Å². The Balaban J connectivity index is 1.88. The van der Waals surface area contributed by atoms with E-state index < -0.39 is 0 Å². The van der Waals surface area contributed by atoms with Crippen molar-refractivity contribution in [2.24, 2.45) is 0 Å². The molecule has 1 heterocycles. The van der Waals surface area contributed by atoms with E-state index >= 15 is 0 Å². The molecule has 104 valence electrons. The maximum absolute atomic E-state index is 13.3. The molecule has 0 aliphatic carbocycles. The predicted octanol–water partition coefficient (Wildman–Crippen LogP) is 4.14. The fourth-order valence-electron chi connectivity index (χ4n) is 2.22. The zero-order valence-electron chi connectivity index (χ0n) is 10.8. The Labute approximate surface area is 124 Å². The summed E-state index contributed by atoms with van der Waals surface area (Å²) in [5, 5.41) is 3.29. The lowest BCUT2D eigenvalue weighted by molar-refractivity contribution is 0.286. The van der Waals surface area contributed by atoms with E-state index in [4.69, 9.17) is 9.47 Å². The molecule has 2 aromatic carbocycles. The van der Waals surface area contributed by atoms with Gasteiger partial charge in [0.25, 0.3) is 0 Å². The Kier molecular flexibility index (Phi) is 3.53. The zero-order valence-corrected chi connectivity index (χ0v) is 12.4. The van der Waals surface area contributed by atoms with Gasteiger partial charge in [-0.3, -0.25) is 0 Å². The van der Waals surface area contributed by atoms with Crippen molar-refractivity contribution < 1.29 is 13.9 Å². The van der Waals surface area contributed by atoms with Crippen LogP contribution in [-0.2, 0) is 0 Å². The molecule has 1 aliphatic heterocycles. The number of halogens is 2. The normalized spacial score (nSPS) is 16.9. The Morgan fingerprint density at radius 1 is 1.30 bits per heavy atom. The predicted molar refractivity (Wildman–Crippen MR) is 79.0 cm³/mol. The summed E-state index contributed by atoms with van der Waals surface area (Å²) in [6.45, 7) is 0.497. The first-order chi connectivity index (χ1) is 9.67. The lowest BCUT2D eigenvalue weighted by Gasteiger charge is -2.28. The summed E-state index contributed by atoms with van der Waals surface area (Å²) >= 11 is 3.46. The quantitative estimate of drug-likeness (QED) is 0.893. The second-order valence-electron chi connectivity index (χ2n) is 4.54. The third-order valence-electron chi connectivity index (χ3n) is 3.26. The number of hydrogen-bond donors (Lipinski definition) is 1. The van der Waals surface area contributed by atoms with Gasteiger partial charge in [0.2, 0.25) is 0 Å². The molecule has 3 nitrogen and oxygen atoms in total. The van der Waals surface area contributed by atoms with Gasteiger partial charge in [-0.25, -0.2) is 4.39 Å². The second-order valence-corrected chi connectivity index (χ2v) is 5.40. The SMILES string of the molecule is COc1ccc(C2COc3ccc(F)cc3N2)cc1Br. The van der Waals surface area contributed by atoms with Crippen LogP contribution in [-0.4, -0.2) is 13.7 Å². The minimum atomic E-state index is -0.281. The summed E-state index contributed by atoms with van der Waals surface area (Å²) in [6, 6.07) is 10.3. The number of benzene rings is 2. The van der Waals surface area contributed by atoms with Crippen LogP contribution in [0.2, 0.25) is 0 Å². The standard InChI is InChI=1S/C15H13BrFNO2/c1-19-14-4-2-9(6-11(14)16)13-8-20-15-5-3-10(17)7-12(15)18-13/h2-7,13,18H,8H2,1H3. The van der Waals surface area contributed by atoms with E-state index in [1.807, 2.05) is 18.2 Å². The van der Waals surface area contributed by atoms with Crippen LogP contribution in [0.15, 0.2) is 40.9 Å². The van der Waals surface area contributed by atoms with Crippen molar-refractivity contribution in [3.8, 4) is 11.5 Å². The molecule has 1 atom stereocenters. The number of hydrogen-bond acceptors (Lipinski definition) is 3. The van der Waals surface area contributed by atoms with Gasteiger partial charge in [-0.1, -0.05) is 6.07 Å². The molecule has 1 aliphatic rings. The maximum atomic E-state index is 13.3. The summed E-state index contributed by atoms with van der Waals surface area (Å²) in [5.41, 5.74) is 1.72. The van der Waals surface area contributed by atoms with E-state index in [0.29, 0.717) is 18.0 Å². The molecular weight excluding hydrogens is 325 g/mol. The van der Waals surface area contributed by atoms with Crippen LogP contribution in [0.4, 0.5) is 10.1 Å². The summed E-state index contributed by atoms with van der Waals surface area (Å²) < 4.78 is 25.0. The topological polar surface area (TPSA) is 30.5 Å². The number of nitrogens with one attached hydrogen (secondary N) is 1. The minimum absolute atomic E-state index is 0.0218. The first kappa shape index (κ1) is 13.2. The molecule has 3 rings (SSSR count). The van der Waals surface area contributed by atoms with Gasteiger partial charge in [0.15, 0.2) is 0 Å². The van der Waals surface area contributed by atoms with E-state index in [1.54, 1.807) is 13.2 Å². The smallest absolute Gasteiger partial charge is 0.142 e. The summed E-state index contributed by atoms with van der Waals surface area (Å²) in [6.07, 6.45) is 0. The summed E-state index contributed by atoms with van der Waals surface area (Å²) in [4.78, 5) is 0. The number of anilines is 1. The van der Waals surface area contributed by atoms with E-state index in [9.17, 15) is 4.39 Å². The van der Waals surface area contributed by atoms with Gasteiger partial charge in [-0.15, -0.1) is 0 Å². The molecule has 0 radical (unpaired) electrons. The molecule has 0 saturated carbocycles. The van der Waals surface area contributed by atoms with Crippen LogP contribution in [0.3, 0.4) is 0 Å². The van der Waals surface area contributed by atoms with E-state index in [0.717, 1.165) is 15.8 Å². The van der Waals surface area contributed by atoms with Gasteiger partial charge in [0.05, 0.1) is 23.3 Å². The molecule has 1 unspecified atom stereocenters. The van der Waals surface area contributed by atoms with Gasteiger partial charge < -0.3 is 14.8 Å². The minimum Gasteiger partial charge on any atom is -0.496 e. The molecule has 5 heteroatoms. The number of methoxy groups -OCH3 is 1. The van der Waals surface area contributed by atoms with Crippen molar-refractivity contribution in [1.29, 1.82) is 0 Å². The van der Waals surface area contributed by atoms with Crippen molar-refractivity contribution in [2.45, 2.75) is 6.04 Å². The number of ether oxygens (including phenoxy) is 2. The van der Waals surface area contributed by atoms with Gasteiger partial charge in [0.1, 0.15) is 23.9 Å². The fraction of sp³-hybridized carbons (Fsp3) is 0.200. The fourth-order valence-corrected chi connectivity index (χ4v) is 2.78. The Morgan fingerprint density at radius 3 is 2.90 bits per heavy atom. The average molecular weight is 338 g/mol. The first-order valence-electron chi connectivity index (χ1n) is 6.19. The Morgan fingerprint density at radius 2 is 2.15 bits per heavy atom. The number of rotatable bonds is 2. The molecule has 20 heavy (non-hydrogen) atoms. The molecule has 0 bridgehead atoms. The molecule has 0 fully saturated rings. The second kappa shape index (κ2) is 5.32. The average Bonchev–Trinajstić information content (AvgIpc) is 2.46.